The lowest BCUT2D eigenvalue weighted by Crippen LogP contribution is -2.50. The van der Waals surface area contributed by atoms with Gasteiger partial charge in [0.15, 0.2) is 0 Å². The van der Waals surface area contributed by atoms with E-state index >= 15 is 0 Å². The highest BCUT2D eigenvalue weighted by molar-refractivity contribution is 7.10. The molecule has 0 aromatic carbocycles. The Morgan fingerprint density at radius 2 is 2.33 bits per heavy atom. The molecule has 1 saturated carbocycles. The number of nitrogens with two attached hydrogens (primary N) is 1. The lowest BCUT2D eigenvalue weighted by Gasteiger charge is -2.34. The third-order valence-corrected chi connectivity index (χ3v) is 4.39. The summed E-state index contributed by atoms with van der Waals surface area (Å²) in [5.74, 6) is 0.0994. The Morgan fingerprint density at radius 1 is 1.56 bits per heavy atom. The van der Waals surface area contributed by atoms with Crippen molar-refractivity contribution in [1.29, 1.82) is 0 Å². The van der Waals surface area contributed by atoms with Crippen LogP contribution in [0.2, 0.25) is 0 Å². The highest BCUT2D eigenvalue weighted by Crippen LogP contribution is 2.35. The topological polar surface area (TPSA) is 55.6 Å². The minimum Gasteiger partial charge on any atom is -0.369 e. The molecule has 1 saturated heterocycles. The van der Waals surface area contributed by atoms with E-state index in [1.807, 2.05) is 16.3 Å². The lowest BCUT2D eigenvalue weighted by atomic mass is 10.2. The van der Waals surface area contributed by atoms with Gasteiger partial charge in [0.1, 0.15) is 6.10 Å². The zero-order chi connectivity index (χ0) is 11.9. The molecule has 6 heteroatoms. The molecular weight excluding hydrogens is 272 g/mol. The molecule has 1 aliphatic heterocycles. The number of thiophene rings is 1. The molecule has 4 nitrogen and oxygen atoms in total. The fourth-order valence-electron chi connectivity index (χ4n) is 2.14. The molecule has 0 radical (unpaired) electrons. The number of halogens is 1. The Hall–Kier alpha value is -0.620. The molecule has 2 fully saturated rings. The zero-order valence-corrected chi connectivity index (χ0v) is 11.6. The summed E-state index contributed by atoms with van der Waals surface area (Å²) in [5.41, 5.74) is 5.40. The smallest absolute Gasteiger partial charge is 0.242 e. The first-order valence-corrected chi connectivity index (χ1v) is 6.80. The normalized spacial score (nSPS) is 25.4. The van der Waals surface area contributed by atoms with Gasteiger partial charge in [-0.1, -0.05) is 6.07 Å². The zero-order valence-electron chi connectivity index (χ0n) is 10.0. The number of rotatable bonds is 2. The van der Waals surface area contributed by atoms with Crippen LogP contribution in [0, 0.1) is 0 Å². The number of carbonyl (C=O) groups excluding carboxylic acids is 1. The fourth-order valence-corrected chi connectivity index (χ4v) is 2.91. The van der Waals surface area contributed by atoms with Crippen LogP contribution < -0.4 is 5.73 Å². The molecule has 2 heterocycles. The van der Waals surface area contributed by atoms with Crippen molar-refractivity contribution in [3.05, 3.63) is 22.4 Å². The van der Waals surface area contributed by atoms with Gasteiger partial charge in [-0.2, -0.15) is 0 Å². The summed E-state index contributed by atoms with van der Waals surface area (Å²) in [4.78, 5) is 15.2. The second kappa shape index (κ2) is 5.17. The second-order valence-electron chi connectivity index (χ2n) is 4.78. The summed E-state index contributed by atoms with van der Waals surface area (Å²) in [5, 5.41) is 2.03. The number of hydrogen-bond acceptors (Lipinski definition) is 4. The molecule has 3 rings (SSSR count). The minimum absolute atomic E-state index is 0. The maximum absolute atomic E-state index is 12.1. The highest BCUT2D eigenvalue weighted by Gasteiger charge is 2.48. The first kappa shape index (κ1) is 13.8. The van der Waals surface area contributed by atoms with E-state index in [0.29, 0.717) is 19.7 Å². The Bertz CT molecular complexity index is 420. The monoisotopic (exact) mass is 288 g/mol. The van der Waals surface area contributed by atoms with Gasteiger partial charge in [-0.25, -0.2) is 0 Å². The van der Waals surface area contributed by atoms with E-state index < -0.39 is 5.54 Å². The number of hydrogen-bond donors (Lipinski definition) is 1. The van der Waals surface area contributed by atoms with Gasteiger partial charge in [-0.15, -0.1) is 23.7 Å². The largest absolute Gasteiger partial charge is 0.369 e. The van der Waals surface area contributed by atoms with Crippen molar-refractivity contribution in [1.82, 2.24) is 4.90 Å². The van der Waals surface area contributed by atoms with Crippen LogP contribution in [0.25, 0.3) is 0 Å². The third kappa shape index (κ3) is 2.54. The molecule has 1 unspecified atom stereocenters. The van der Waals surface area contributed by atoms with Crippen LogP contribution in [0.5, 0.6) is 0 Å². The highest BCUT2D eigenvalue weighted by atomic mass is 35.5. The maximum atomic E-state index is 12.1. The van der Waals surface area contributed by atoms with E-state index in [0.717, 1.165) is 12.8 Å². The summed E-state index contributed by atoms with van der Waals surface area (Å²) in [6.45, 7) is 1.91. The van der Waals surface area contributed by atoms with Crippen molar-refractivity contribution < 1.29 is 9.53 Å². The number of ether oxygens (including phenoxy) is 1. The molecule has 1 aliphatic carbocycles. The van der Waals surface area contributed by atoms with E-state index in [2.05, 4.69) is 6.07 Å². The summed E-state index contributed by atoms with van der Waals surface area (Å²) in [6, 6.07) is 4.06. The van der Waals surface area contributed by atoms with Gasteiger partial charge in [0.25, 0.3) is 0 Å². The number of morpholine rings is 1. The summed E-state index contributed by atoms with van der Waals surface area (Å²) in [7, 11) is 0. The molecule has 2 aliphatic rings. The molecule has 0 spiro atoms. The minimum atomic E-state index is -0.558. The van der Waals surface area contributed by atoms with E-state index in [-0.39, 0.29) is 24.4 Å². The fraction of sp³-hybridized carbons (Fsp3) is 0.583. The van der Waals surface area contributed by atoms with E-state index in [4.69, 9.17) is 10.5 Å². The van der Waals surface area contributed by atoms with Crippen molar-refractivity contribution in [2.24, 2.45) is 5.73 Å². The van der Waals surface area contributed by atoms with E-state index in [1.54, 1.807) is 11.3 Å². The van der Waals surface area contributed by atoms with Crippen LogP contribution in [0.1, 0.15) is 23.8 Å². The predicted octanol–water partition coefficient (Wildman–Crippen LogP) is 1.56. The molecule has 1 aromatic rings. The molecular formula is C12H17ClN2O2S. The quantitative estimate of drug-likeness (QED) is 0.898. The Morgan fingerprint density at radius 3 is 2.94 bits per heavy atom. The van der Waals surface area contributed by atoms with Crippen LogP contribution in [0.15, 0.2) is 17.5 Å². The molecule has 100 valence electrons. The van der Waals surface area contributed by atoms with Gasteiger partial charge >= 0.3 is 0 Å². The third-order valence-electron chi connectivity index (χ3n) is 3.43. The van der Waals surface area contributed by atoms with Crippen molar-refractivity contribution in [2.45, 2.75) is 24.5 Å². The van der Waals surface area contributed by atoms with Gasteiger partial charge in [0.05, 0.1) is 18.7 Å². The first-order valence-electron chi connectivity index (χ1n) is 5.92. The van der Waals surface area contributed by atoms with Crippen LogP contribution in [-0.4, -0.2) is 36.0 Å². The summed E-state index contributed by atoms with van der Waals surface area (Å²) < 4.78 is 5.71. The average molecular weight is 289 g/mol. The van der Waals surface area contributed by atoms with Crippen LogP contribution >= 0.6 is 23.7 Å². The van der Waals surface area contributed by atoms with Crippen molar-refractivity contribution in [2.75, 3.05) is 19.7 Å². The lowest BCUT2D eigenvalue weighted by molar-refractivity contribution is -0.141. The Kier molecular flexibility index (Phi) is 3.96. The molecule has 1 amide bonds. The standard InChI is InChI=1S/C12H16N2O2S.ClH/c13-12(3-4-12)11(15)14-5-6-16-9(8-14)10-2-1-7-17-10;/h1-2,7,9H,3-6,8,13H2;1H. The second-order valence-corrected chi connectivity index (χ2v) is 5.76. The van der Waals surface area contributed by atoms with Gasteiger partial charge < -0.3 is 15.4 Å². The van der Waals surface area contributed by atoms with Gasteiger partial charge in [-0.05, 0) is 24.3 Å². The summed E-state index contributed by atoms with van der Waals surface area (Å²) >= 11 is 1.67. The predicted molar refractivity (Wildman–Crippen MR) is 73.0 cm³/mol. The number of amides is 1. The van der Waals surface area contributed by atoms with E-state index in [1.165, 1.54) is 4.88 Å². The van der Waals surface area contributed by atoms with Crippen LogP contribution in [0.3, 0.4) is 0 Å². The van der Waals surface area contributed by atoms with Gasteiger partial charge in [0, 0.05) is 11.4 Å². The number of carbonyl (C=O) groups is 1. The molecule has 2 N–H and O–H groups in total. The van der Waals surface area contributed by atoms with Crippen molar-refractivity contribution in [3.8, 4) is 0 Å². The molecule has 1 atom stereocenters. The van der Waals surface area contributed by atoms with Crippen molar-refractivity contribution in [3.63, 3.8) is 0 Å². The van der Waals surface area contributed by atoms with E-state index in [9.17, 15) is 4.79 Å². The average Bonchev–Trinajstić information content (AvgIpc) is 2.91. The number of nitrogens with zero attached hydrogens (tertiary/aromatic N) is 1. The van der Waals surface area contributed by atoms with Crippen LogP contribution in [-0.2, 0) is 9.53 Å². The molecule has 1 aromatic heterocycles. The summed E-state index contributed by atoms with van der Waals surface area (Å²) in [6.07, 6.45) is 1.68. The maximum Gasteiger partial charge on any atom is 0.242 e. The molecule has 18 heavy (non-hydrogen) atoms. The van der Waals surface area contributed by atoms with Gasteiger partial charge in [0.2, 0.25) is 5.91 Å². The SMILES string of the molecule is Cl.NC1(C(=O)N2CCOC(c3cccs3)C2)CC1. The van der Waals surface area contributed by atoms with Crippen molar-refractivity contribution >= 4 is 29.7 Å². The Balaban J connectivity index is 0.00000120. The Labute approximate surface area is 117 Å². The molecule has 0 bridgehead atoms. The first-order chi connectivity index (χ1) is 8.19. The van der Waals surface area contributed by atoms with Gasteiger partial charge in [-0.3, -0.25) is 4.79 Å². The van der Waals surface area contributed by atoms with Crippen LogP contribution in [0.4, 0.5) is 0 Å².